The molecule has 1 heterocycles. The molecule has 1 fully saturated rings. The van der Waals surface area contributed by atoms with Gasteiger partial charge in [0.25, 0.3) is 5.91 Å². The topological polar surface area (TPSA) is 38.8 Å². The number of amides is 1. The van der Waals surface area contributed by atoms with Gasteiger partial charge in [0.2, 0.25) is 0 Å². The van der Waals surface area contributed by atoms with Gasteiger partial charge in [-0.3, -0.25) is 4.79 Å². The first kappa shape index (κ1) is 14.9. The van der Waals surface area contributed by atoms with E-state index >= 15 is 0 Å². The van der Waals surface area contributed by atoms with Crippen LogP contribution in [0.2, 0.25) is 0 Å². The fraction of sp³-hybridized carbons (Fsp3) is 0.389. The van der Waals surface area contributed by atoms with Gasteiger partial charge < -0.3 is 14.4 Å². The third kappa shape index (κ3) is 3.22. The van der Waals surface area contributed by atoms with E-state index in [0.29, 0.717) is 13.1 Å². The van der Waals surface area contributed by atoms with E-state index in [-0.39, 0.29) is 24.7 Å². The van der Waals surface area contributed by atoms with E-state index in [1.54, 1.807) is 0 Å². The van der Waals surface area contributed by atoms with E-state index in [1.165, 1.54) is 0 Å². The lowest BCUT2D eigenvalue weighted by molar-refractivity contribution is -0.145. The molecule has 1 saturated heterocycles. The summed E-state index contributed by atoms with van der Waals surface area (Å²) in [6.07, 6.45) is 0.149. The Bertz CT molecular complexity index is 655. The molecule has 2 aromatic rings. The molecule has 0 aliphatic carbocycles. The van der Waals surface area contributed by atoms with Crippen molar-refractivity contribution in [2.75, 3.05) is 19.7 Å². The molecule has 1 aliphatic rings. The summed E-state index contributed by atoms with van der Waals surface area (Å²) in [5.74, 6) is 0.760. The van der Waals surface area contributed by atoms with Crippen molar-refractivity contribution in [2.24, 2.45) is 0 Å². The summed E-state index contributed by atoms with van der Waals surface area (Å²) >= 11 is 0. The predicted octanol–water partition coefficient (Wildman–Crippen LogP) is 2.85. The number of morpholine rings is 1. The maximum atomic E-state index is 12.3. The predicted molar refractivity (Wildman–Crippen MR) is 86.0 cm³/mol. The SMILES string of the molecule is C[C@@H]1CN(C(=O)COc2cccc3ccccc23)C[C@@H](C)O1. The van der Waals surface area contributed by atoms with Gasteiger partial charge in [0.1, 0.15) is 5.75 Å². The number of hydrogen-bond donors (Lipinski definition) is 0. The van der Waals surface area contributed by atoms with Gasteiger partial charge >= 0.3 is 0 Å². The highest BCUT2D eigenvalue weighted by molar-refractivity contribution is 5.88. The number of benzene rings is 2. The Morgan fingerprint density at radius 2 is 1.82 bits per heavy atom. The fourth-order valence-corrected chi connectivity index (χ4v) is 2.93. The number of fused-ring (bicyclic) bond motifs is 1. The van der Waals surface area contributed by atoms with Gasteiger partial charge in [-0.1, -0.05) is 36.4 Å². The maximum absolute atomic E-state index is 12.3. The monoisotopic (exact) mass is 299 g/mol. The molecule has 4 nitrogen and oxygen atoms in total. The number of ether oxygens (including phenoxy) is 2. The van der Waals surface area contributed by atoms with Crippen LogP contribution >= 0.6 is 0 Å². The molecule has 22 heavy (non-hydrogen) atoms. The normalized spacial score (nSPS) is 21.8. The molecule has 0 spiro atoms. The summed E-state index contributed by atoms with van der Waals surface area (Å²) in [6, 6.07) is 13.9. The Labute approximate surface area is 130 Å². The molecule has 0 bridgehead atoms. The van der Waals surface area contributed by atoms with E-state index in [1.807, 2.05) is 61.2 Å². The molecule has 4 heteroatoms. The zero-order valence-electron chi connectivity index (χ0n) is 13.0. The second-order valence-electron chi connectivity index (χ2n) is 5.82. The van der Waals surface area contributed by atoms with E-state index in [4.69, 9.17) is 9.47 Å². The van der Waals surface area contributed by atoms with Crippen LogP contribution in [0.5, 0.6) is 5.75 Å². The zero-order chi connectivity index (χ0) is 15.5. The highest BCUT2D eigenvalue weighted by Crippen LogP contribution is 2.25. The van der Waals surface area contributed by atoms with Crippen LogP contribution in [0.25, 0.3) is 10.8 Å². The summed E-state index contributed by atoms with van der Waals surface area (Å²) in [6.45, 7) is 5.29. The van der Waals surface area contributed by atoms with Crippen LogP contribution in [-0.2, 0) is 9.53 Å². The lowest BCUT2D eigenvalue weighted by Gasteiger charge is -2.35. The van der Waals surface area contributed by atoms with Gasteiger partial charge in [-0.25, -0.2) is 0 Å². The Balaban J connectivity index is 1.67. The molecule has 1 aliphatic heterocycles. The van der Waals surface area contributed by atoms with E-state index in [0.717, 1.165) is 16.5 Å². The summed E-state index contributed by atoms with van der Waals surface area (Å²) in [7, 11) is 0. The summed E-state index contributed by atoms with van der Waals surface area (Å²) < 4.78 is 11.4. The van der Waals surface area contributed by atoms with Gasteiger partial charge in [0, 0.05) is 18.5 Å². The van der Waals surface area contributed by atoms with Crippen molar-refractivity contribution in [2.45, 2.75) is 26.1 Å². The first-order valence-electron chi connectivity index (χ1n) is 7.67. The molecule has 116 valence electrons. The van der Waals surface area contributed by atoms with Crippen molar-refractivity contribution in [3.8, 4) is 5.75 Å². The summed E-state index contributed by atoms with van der Waals surface area (Å²) in [4.78, 5) is 14.2. The van der Waals surface area contributed by atoms with Crippen LogP contribution in [0.4, 0.5) is 0 Å². The minimum atomic E-state index is 0.00920. The van der Waals surface area contributed by atoms with Crippen LogP contribution in [0, 0.1) is 0 Å². The Morgan fingerprint density at radius 3 is 2.59 bits per heavy atom. The van der Waals surface area contributed by atoms with E-state index in [2.05, 4.69) is 0 Å². The standard InChI is InChI=1S/C18H21NO3/c1-13-10-19(11-14(2)22-13)18(20)12-21-17-9-5-7-15-6-3-4-8-16(15)17/h3-9,13-14H,10-12H2,1-2H3/t13-,14-/m1/s1. The van der Waals surface area contributed by atoms with E-state index < -0.39 is 0 Å². The number of rotatable bonds is 3. The smallest absolute Gasteiger partial charge is 0.260 e. The molecule has 2 aromatic carbocycles. The molecule has 0 aromatic heterocycles. The van der Waals surface area contributed by atoms with Crippen molar-refractivity contribution >= 4 is 16.7 Å². The van der Waals surface area contributed by atoms with Crippen LogP contribution in [0.15, 0.2) is 42.5 Å². The molecule has 0 radical (unpaired) electrons. The Kier molecular flexibility index (Phi) is 4.29. The second-order valence-corrected chi connectivity index (χ2v) is 5.82. The van der Waals surface area contributed by atoms with Crippen LogP contribution in [0.3, 0.4) is 0 Å². The second kappa shape index (κ2) is 6.36. The zero-order valence-corrected chi connectivity index (χ0v) is 13.0. The largest absolute Gasteiger partial charge is 0.483 e. The third-order valence-electron chi connectivity index (χ3n) is 3.87. The lowest BCUT2D eigenvalue weighted by Crippen LogP contribution is -2.49. The van der Waals surface area contributed by atoms with Crippen molar-refractivity contribution in [1.82, 2.24) is 4.90 Å². The molecule has 2 atom stereocenters. The van der Waals surface area contributed by atoms with Gasteiger partial charge in [0.15, 0.2) is 6.61 Å². The summed E-state index contributed by atoms with van der Waals surface area (Å²) in [5, 5.41) is 2.14. The molecule has 1 amide bonds. The average Bonchev–Trinajstić information content (AvgIpc) is 2.51. The van der Waals surface area contributed by atoms with E-state index in [9.17, 15) is 4.79 Å². The first-order chi connectivity index (χ1) is 10.6. The molecule has 0 unspecified atom stereocenters. The minimum absolute atomic E-state index is 0.00920. The van der Waals surface area contributed by atoms with Crippen molar-refractivity contribution in [3.63, 3.8) is 0 Å². The van der Waals surface area contributed by atoms with Gasteiger partial charge in [-0.2, -0.15) is 0 Å². The van der Waals surface area contributed by atoms with Gasteiger partial charge in [-0.15, -0.1) is 0 Å². The number of carbonyl (C=O) groups is 1. The number of hydrogen-bond acceptors (Lipinski definition) is 3. The Hall–Kier alpha value is -2.07. The van der Waals surface area contributed by atoms with Crippen LogP contribution < -0.4 is 4.74 Å². The lowest BCUT2D eigenvalue weighted by atomic mass is 10.1. The maximum Gasteiger partial charge on any atom is 0.260 e. The van der Waals surface area contributed by atoms with Crippen LogP contribution in [-0.4, -0.2) is 42.7 Å². The van der Waals surface area contributed by atoms with Crippen molar-refractivity contribution in [1.29, 1.82) is 0 Å². The van der Waals surface area contributed by atoms with Gasteiger partial charge in [0.05, 0.1) is 12.2 Å². The molecule has 3 rings (SSSR count). The van der Waals surface area contributed by atoms with Crippen molar-refractivity contribution < 1.29 is 14.3 Å². The summed E-state index contributed by atoms with van der Waals surface area (Å²) in [5.41, 5.74) is 0. The number of nitrogens with zero attached hydrogens (tertiary/aromatic N) is 1. The fourth-order valence-electron chi connectivity index (χ4n) is 2.93. The van der Waals surface area contributed by atoms with Crippen LogP contribution in [0.1, 0.15) is 13.8 Å². The molecular weight excluding hydrogens is 278 g/mol. The number of carbonyl (C=O) groups excluding carboxylic acids is 1. The quantitative estimate of drug-likeness (QED) is 0.875. The molecular formula is C18H21NO3. The highest BCUT2D eigenvalue weighted by Gasteiger charge is 2.26. The molecule has 0 N–H and O–H groups in total. The highest BCUT2D eigenvalue weighted by atomic mass is 16.5. The average molecular weight is 299 g/mol. The third-order valence-corrected chi connectivity index (χ3v) is 3.87. The van der Waals surface area contributed by atoms with Crippen molar-refractivity contribution in [3.05, 3.63) is 42.5 Å². The molecule has 0 saturated carbocycles. The first-order valence-corrected chi connectivity index (χ1v) is 7.67. The van der Waals surface area contributed by atoms with Gasteiger partial charge in [-0.05, 0) is 25.3 Å². The Morgan fingerprint density at radius 1 is 1.14 bits per heavy atom. The minimum Gasteiger partial charge on any atom is -0.483 e.